The standard InChI is InChI=1S/C40H51N5O6S/c1-5-27(4)22-41-37(47)21-36(46)33(18-26(2)3)43-39(49)35(20-31-24-52-25-42-31)44-38(48)34(45-40(50)51-23-28-12-7-6-8-13-28)19-30-16-11-15-29-14-9-10-17-32(29)30/h6-17,24-27,33-36,46H,5,18-23H2,1-4H3,(H,41,47)(H,43,49)(H,44,48)(H,45,50). The molecule has 5 atom stereocenters. The predicted molar refractivity (Wildman–Crippen MR) is 203 cm³/mol. The molecule has 5 N–H and O–H groups in total. The summed E-state index contributed by atoms with van der Waals surface area (Å²) < 4.78 is 5.48. The van der Waals surface area contributed by atoms with E-state index in [1.165, 1.54) is 11.3 Å². The fraction of sp³-hybridized carbons (Fsp3) is 0.425. The minimum absolute atomic E-state index is 0.0132. The van der Waals surface area contributed by atoms with Crippen LogP contribution in [0.25, 0.3) is 10.8 Å². The number of aliphatic hydroxyl groups is 1. The van der Waals surface area contributed by atoms with E-state index in [1.807, 2.05) is 100 Å². The van der Waals surface area contributed by atoms with Crippen LogP contribution in [0.5, 0.6) is 0 Å². The van der Waals surface area contributed by atoms with Crippen molar-refractivity contribution in [2.24, 2.45) is 11.8 Å². The van der Waals surface area contributed by atoms with Gasteiger partial charge in [0, 0.05) is 24.8 Å². The van der Waals surface area contributed by atoms with E-state index >= 15 is 0 Å². The van der Waals surface area contributed by atoms with Crippen LogP contribution in [0.2, 0.25) is 0 Å². The van der Waals surface area contributed by atoms with E-state index in [4.69, 9.17) is 4.74 Å². The van der Waals surface area contributed by atoms with Crippen LogP contribution in [0.15, 0.2) is 83.7 Å². The Morgan fingerprint density at radius 1 is 0.846 bits per heavy atom. The molecular formula is C40H51N5O6S. The number of nitrogens with zero attached hydrogens (tertiary/aromatic N) is 1. The fourth-order valence-electron chi connectivity index (χ4n) is 5.78. The maximum Gasteiger partial charge on any atom is 0.408 e. The summed E-state index contributed by atoms with van der Waals surface area (Å²) in [5, 5.41) is 26.2. The Bertz CT molecular complexity index is 1730. The van der Waals surface area contributed by atoms with Gasteiger partial charge < -0.3 is 31.1 Å². The molecule has 12 heteroatoms. The van der Waals surface area contributed by atoms with Gasteiger partial charge in [0.25, 0.3) is 0 Å². The molecule has 0 aliphatic rings. The Morgan fingerprint density at radius 2 is 1.54 bits per heavy atom. The largest absolute Gasteiger partial charge is 0.445 e. The molecular weight excluding hydrogens is 679 g/mol. The van der Waals surface area contributed by atoms with E-state index in [-0.39, 0.29) is 37.7 Å². The number of rotatable bonds is 19. The first-order chi connectivity index (χ1) is 25.0. The average Bonchev–Trinajstić information content (AvgIpc) is 3.65. The number of aliphatic hydroxyl groups excluding tert-OH is 1. The molecule has 0 bridgehead atoms. The molecule has 11 nitrogen and oxygen atoms in total. The lowest BCUT2D eigenvalue weighted by Crippen LogP contribution is -2.57. The van der Waals surface area contributed by atoms with E-state index in [9.17, 15) is 24.3 Å². The van der Waals surface area contributed by atoms with Gasteiger partial charge in [-0.1, -0.05) is 107 Å². The maximum absolute atomic E-state index is 14.1. The molecule has 0 spiro atoms. The van der Waals surface area contributed by atoms with Crippen molar-refractivity contribution in [2.75, 3.05) is 6.54 Å². The molecule has 52 heavy (non-hydrogen) atoms. The lowest BCUT2D eigenvalue weighted by atomic mass is 9.96. The van der Waals surface area contributed by atoms with Crippen LogP contribution < -0.4 is 21.3 Å². The zero-order chi connectivity index (χ0) is 37.5. The summed E-state index contributed by atoms with van der Waals surface area (Å²) in [5.41, 5.74) is 3.85. The Hall–Kier alpha value is -4.81. The van der Waals surface area contributed by atoms with Gasteiger partial charge >= 0.3 is 6.09 Å². The van der Waals surface area contributed by atoms with Crippen LogP contribution in [-0.4, -0.2) is 64.7 Å². The van der Waals surface area contributed by atoms with E-state index in [1.54, 1.807) is 10.9 Å². The number of carbonyl (C=O) groups excluding carboxylic acids is 4. The van der Waals surface area contributed by atoms with Gasteiger partial charge in [-0.2, -0.15) is 0 Å². The number of aromatic nitrogens is 1. The number of benzene rings is 3. The third-order valence-corrected chi connectivity index (χ3v) is 9.55. The smallest absolute Gasteiger partial charge is 0.408 e. The number of ether oxygens (including phenoxy) is 1. The van der Waals surface area contributed by atoms with Gasteiger partial charge in [-0.15, -0.1) is 11.3 Å². The summed E-state index contributed by atoms with van der Waals surface area (Å²) in [6, 6.07) is 19.8. The van der Waals surface area contributed by atoms with Crippen LogP contribution in [0.3, 0.4) is 0 Å². The minimum atomic E-state index is -1.15. The molecule has 1 heterocycles. The molecule has 4 rings (SSSR count). The highest BCUT2D eigenvalue weighted by atomic mass is 32.1. The fourth-order valence-corrected chi connectivity index (χ4v) is 6.35. The quantitative estimate of drug-likeness (QED) is 0.0876. The summed E-state index contributed by atoms with van der Waals surface area (Å²) >= 11 is 1.36. The predicted octanol–water partition coefficient (Wildman–Crippen LogP) is 5.31. The summed E-state index contributed by atoms with van der Waals surface area (Å²) in [6.07, 6.45) is -0.607. The van der Waals surface area contributed by atoms with Crippen molar-refractivity contribution in [3.8, 4) is 0 Å². The van der Waals surface area contributed by atoms with E-state index in [2.05, 4.69) is 26.3 Å². The monoisotopic (exact) mass is 729 g/mol. The summed E-state index contributed by atoms with van der Waals surface area (Å²) in [6.45, 7) is 8.51. The first-order valence-corrected chi connectivity index (χ1v) is 18.8. The van der Waals surface area contributed by atoms with Gasteiger partial charge in [-0.25, -0.2) is 9.78 Å². The van der Waals surface area contributed by atoms with E-state index in [0.29, 0.717) is 24.6 Å². The summed E-state index contributed by atoms with van der Waals surface area (Å²) in [5.74, 6) is -1.05. The second-order valence-electron chi connectivity index (χ2n) is 13.7. The lowest BCUT2D eigenvalue weighted by Gasteiger charge is -2.29. The number of fused-ring (bicyclic) bond motifs is 1. The third-order valence-electron chi connectivity index (χ3n) is 8.91. The van der Waals surface area contributed by atoms with Gasteiger partial charge in [0.1, 0.15) is 18.7 Å². The van der Waals surface area contributed by atoms with Crippen molar-refractivity contribution in [1.82, 2.24) is 26.3 Å². The highest BCUT2D eigenvalue weighted by molar-refractivity contribution is 7.07. The maximum atomic E-state index is 14.1. The SMILES string of the molecule is CCC(C)CNC(=O)CC(O)C(CC(C)C)NC(=O)C(Cc1cscn1)NC(=O)C(Cc1cccc2ccccc12)NC(=O)OCc1ccccc1. The Labute approximate surface area is 310 Å². The molecule has 4 amide bonds. The molecule has 0 aliphatic carbocycles. The van der Waals surface area contributed by atoms with Gasteiger partial charge in [-0.3, -0.25) is 14.4 Å². The van der Waals surface area contributed by atoms with Crippen molar-refractivity contribution in [1.29, 1.82) is 0 Å². The number of hydrogen-bond donors (Lipinski definition) is 5. The third kappa shape index (κ3) is 12.8. The molecule has 0 saturated heterocycles. The number of nitrogens with one attached hydrogen (secondary N) is 4. The van der Waals surface area contributed by atoms with Crippen LogP contribution in [0.4, 0.5) is 4.79 Å². The lowest BCUT2D eigenvalue weighted by molar-refractivity contribution is -0.131. The van der Waals surface area contributed by atoms with Gasteiger partial charge in [-0.05, 0) is 40.2 Å². The van der Waals surface area contributed by atoms with Crippen molar-refractivity contribution in [2.45, 2.75) is 90.6 Å². The van der Waals surface area contributed by atoms with Crippen LogP contribution in [0, 0.1) is 11.8 Å². The highest BCUT2D eigenvalue weighted by Crippen LogP contribution is 2.20. The zero-order valence-corrected chi connectivity index (χ0v) is 31.2. The van der Waals surface area contributed by atoms with Crippen LogP contribution in [0.1, 0.15) is 63.8 Å². The molecule has 0 radical (unpaired) electrons. The summed E-state index contributed by atoms with van der Waals surface area (Å²) in [4.78, 5) is 58.3. The van der Waals surface area contributed by atoms with Gasteiger partial charge in [0.15, 0.2) is 0 Å². The normalized spacial score (nSPS) is 14.1. The highest BCUT2D eigenvalue weighted by Gasteiger charge is 2.32. The number of amides is 4. The number of thiazole rings is 1. The molecule has 5 unspecified atom stereocenters. The van der Waals surface area contributed by atoms with Gasteiger partial charge in [0.05, 0.1) is 29.8 Å². The number of hydrogen-bond acceptors (Lipinski definition) is 8. The first-order valence-electron chi connectivity index (χ1n) is 17.9. The van der Waals surface area contributed by atoms with Crippen molar-refractivity contribution in [3.05, 3.63) is 101 Å². The van der Waals surface area contributed by atoms with E-state index in [0.717, 1.165) is 28.3 Å². The molecule has 0 fully saturated rings. The van der Waals surface area contributed by atoms with Crippen molar-refractivity contribution in [3.63, 3.8) is 0 Å². The Balaban J connectivity index is 1.54. The molecule has 1 aromatic heterocycles. The molecule has 0 aliphatic heterocycles. The number of alkyl carbamates (subject to hydrolysis) is 1. The van der Waals surface area contributed by atoms with E-state index < -0.39 is 42.1 Å². The topological polar surface area (TPSA) is 159 Å². The second-order valence-corrected chi connectivity index (χ2v) is 14.4. The van der Waals surface area contributed by atoms with Gasteiger partial charge in [0.2, 0.25) is 17.7 Å². The molecule has 278 valence electrons. The summed E-state index contributed by atoms with van der Waals surface area (Å²) in [7, 11) is 0. The zero-order valence-electron chi connectivity index (χ0n) is 30.3. The average molecular weight is 730 g/mol. The van der Waals surface area contributed by atoms with Crippen molar-refractivity contribution < 1.29 is 29.0 Å². The van der Waals surface area contributed by atoms with Crippen molar-refractivity contribution >= 4 is 45.9 Å². The Kier molecular flexibility index (Phi) is 15.6. The van der Waals surface area contributed by atoms with Crippen LogP contribution >= 0.6 is 11.3 Å². The molecule has 0 saturated carbocycles. The minimum Gasteiger partial charge on any atom is -0.445 e. The molecule has 4 aromatic rings. The molecule has 3 aromatic carbocycles. The number of carbonyl (C=O) groups is 4. The first kappa shape index (κ1) is 40.0. The Morgan fingerprint density at radius 3 is 2.25 bits per heavy atom. The second kappa shape index (κ2) is 20.3. The van der Waals surface area contributed by atoms with Crippen LogP contribution in [-0.2, 0) is 38.6 Å².